The molecule has 2 rings (SSSR count). The summed E-state index contributed by atoms with van der Waals surface area (Å²) in [7, 11) is 0. The number of hydrogen-bond acceptors (Lipinski definition) is 2. The first-order chi connectivity index (χ1) is 9.55. The average molecular weight is 332 g/mol. The Morgan fingerprint density at radius 2 is 2.15 bits per heavy atom. The summed E-state index contributed by atoms with van der Waals surface area (Å²) in [5, 5.41) is 5.03. The van der Waals surface area contributed by atoms with Crippen LogP contribution in [-0.4, -0.2) is 23.1 Å². The van der Waals surface area contributed by atoms with Crippen molar-refractivity contribution in [1.82, 2.24) is 5.32 Å². The summed E-state index contributed by atoms with van der Waals surface area (Å²) in [6.07, 6.45) is 4.80. The minimum atomic E-state index is 0.335. The van der Waals surface area contributed by atoms with Crippen LogP contribution in [0.25, 0.3) is 0 Å². The first kappa shape index (κ1) is 16.5. The van der Waals surface area contributed by atoms with E-state index in [0.29, 0.717) is 20.8 Å². The summed E-state index contributed by atoms with van der Waals surface area (Å²) >= 11 is 14.3. The molecule has 0 aliphatic carbocycles. The summed E-state index contributed by atoms with van der Waals surface area (Å²) in [6.45, 7) is 5.69. The standard InChI is InChI=1S/C16H23Cl2NS/c1-3-8-19-15(16(2)7-4-9-20-16)11-12-5-6-13(17)14(18)10-12/h5-6,10,15,19H,3-4,7-9,11H2,1-2H3. The monoisotopic (exact) mass is 331 g/mol. The number of benzene rings is 1. The normalized spacial score (nSPS) is 24.0. The maximum Gasteiger partial charge on any atom is 0.0595 e. The zero-order valence-corrected chi connectivity index (χ0v) is 14.5. The SMILES string of the molecule is CCCNC(Cc1ccc(Cl)c(Cl)c1)C1(C)CCCS1. The lowest BCUT2D eigenvalue weighted by molar-refractivity contribution is 0.399. The number of rotatable bonds is 6. The third kappa shape index (κ3) is 4.07. The van der Waals surface area contributed by atoms with Crippen molar-refractivity contribution in [3.63, 3.8) is 0 Å². The van der Waals surface area contributed by atoms with Crippen molar-refractivity contribution in [2.75, 3.05) is 12.3 Å². The second-order valence-corrected chi connectivity index (χ2v) is 8.17. The quantitative estimate of drug-likeness (QED) is 0.769. The van der Waals surface area contributed by atoms with E-state index in [1.54, 1.807) is 0 Å². The van der Waals surface area contributed by atoms with E-state index in [2.05, 4.69) is 37.0 Å². The maximum absolute atomic E-state index is 6.14. The minimum Gasteiger partial charge on any atom is -0.312 e. The molecule has 0 aromatic heterocycles. The molecule has 2 unspecified atom stereocenters. The lowest BCUT2D eigenvalue weighted by Crippen LogP contribution is -2.47. The highest BCUT2D eigenvalue weighted by Crippen LogP contribution is 2.41. The summed E-state index contributed by atoms with van der Waals surface area (Å²) in [6, 6.07) is 6.50. The summed E-state index contributed by atoms with van der Waals surface area (Å²) < 4.78 is 0.335. The summed E-state index contributed by atoms with van der Waals surface area (Å²) in [4.78, 5) is 0. The van der Waals surface area contributed by atoms with Crippen molar-refractivity contribution in [2.45, 2.75) is 50.3 Å². The van der Waals surface area contributed by atoms with Crippen LogP contribution in [0.5, 0.6) is 0 Å². The highest BCUT2D eigenvalue weighted by Gasteiger charge is 2.37. The number of nitrogens with one attached hydrogen (secondary N) is 1. The first-order valence-corrected chi connectivity index (χ1v) is 9.10. The van der Waals surface area contributed by atoms with Crippen LogP contribution in [0.2, 0.25) is 10.0 Å². The van der Waals surface area contributed by atoms with Gasteiger partial charge in [0.25, 0.3) is 0 Å². The van der Waals surface area contributed by atoms with Gasteiger partial charge in [0.05, 0.1) is 10.0 Å². The molecular formula is C16H23Cl2NS. The van der Waals surface area contributed by atoms with Gasteiger partial charge in [0.2, 0.25) is 0 Å². The van der Waals surface area contributed by atoms with Gasteiger partial charge in [-0.3, -0.25) is 0 Å². The van der Waals surface area contributed by atoms with Crippen molar-refractivity contribution in [2.24, 2.45) is 0 Å². The van der Waals surface area contributed by atoms with Gasteiger partial charge in [0.15, 0.2) is 0 Å². The van der Waals surface area contributed by atoms with Gasteiger partial charge in [0.1, 0.15) is 0 Å². The smallest absolute Gasteiger partial charge is 0.0595 e. The van der Waals surface area contributed by atoms with Gasteiger partial charge in [-0.05, 0) is 62.6 Å². The molecule has 0 amide bonds. The fourth-order valence-electron chi connectivity index (χ4n) is 2.80. The number of halogens is 2. The predicted octanol–water partition coefficient (Wildman–Crippen LogP) is 5.19. The first-order valence-electron chi connectivity index (χ1n) is 7.36. The molecule has 1 aromatic rings. The molecule has 2 atom stereocenters. The molecule has 20 heavy (non-hydrogen) atoms. The van der Waals surface area contributed by atoms with Crippen molar-refractivity contribution in [3.05, 3.63) is 33.8 Å². The maximum atomic E-state index is 6.14. The molecule has 1 N–H and O–H groups in total. The highest BCUT2D eigenvalue weighted by atomic mass is 35.5. The molecule has 112 valence electrons. The third-order valence-corrected chi connectivity index (χ3v) is 6.43. The topological polar surface area (TPSA) is 12.0 Å². The molecule has 1 heterocycles. The lowest BCUT2D eigenvalue weighted by Gasteiger charge is -2.34. The Labute approximate surface area is 136 Å². The summed E-state index contributed by atoms with van der Waals surface area (Å²) in [5.74, 6) is 1.28. The van der Waals surface area contributed by atoms with Gasteiger partial charge in [-0.25, -0.2) is 0 Å². The van der Waals surface area contributed by atoms with Crippen LogP contribution in [0.4, 0.5) is 0 Å². The van der Waals surface area contributed by atoms with Gasteiger partial charge in [-0.2, -0.15) is 11.8 Å². The molecule has 1 nitrogen and oxygen atoms in total. The molecule has 0 spiro atoms. The molecule has 1 saturated heterocycles. The molecular weight excluding hydrogens is 309 g/mol. The van der Waals surface area contributed by atoms with Crippen LogP contribution in [-0.2, 0) is 6.42 Å². The van der Waals surface area contributed by atoms with Crippen molar-refractivity contribution in [3.8, 4) is 0 Å². The predicted molar refractivity (Wildman–Crippen MR) is 92.3 cm³/mol. The fraction of sp³-hybridized carbons (Fsp3) is 0.625. The van der Waals surface area contributed by atoms with Crippen molar-refractivity contribution >= 4 is 35.0 Å². The van der Waals surface area contributed by atoms with Crippen molar-refractivity contribution in [1.29, 1.82) is 0 Å². The Hall–Kier alpha value is 0.110. The third-order valence-electron chi connectivity index (χ3n) is 4.05. The second kappa shape index (κ2) is 7.40. The zero-order chi connectivity index (χ0) is 14.6. The van der Waals surface area contributed by atoms with Crippen LogP contribution >= 0.6 is 35.0 Å². The van der Waals surface area contributed by atoms with E-state index in [1.807, 2.05) is 12.1 Å². The van der Waals surface area contributed by atoms with Gasteiger partial charge in [-0.15, -0.1) is 0 Å². The Kier molecular flexibility index (Phi) is 6.09. The lowest BCUT2D eigenvalue weighted by atomic mass is 9.90. The van der Waals surface area contributed by atoms with Crippen LogP contribution in [0.1, 0.15) is 38.7 Å². The minimum absolute atomic E-state index is 0.335. The second-order valence-electron chi connectivity index (χ2n) is 5.72. The van der Waals surface area contributed by atoms with E-state index in [4.69, 9.17) is 23.2 Å². The van der Waals surface area contributed by atoms with Gasteiger partial charge < -0.3 is 5.32 Å². The van der Waals surface area contributed by atoms with Crippen LogP contribution in [0.3, 0.4) is 0 Å². The van der Waals surface area contributed by atoms with Gasteiger partial charge in [0, 0.05) is 10.8 Å². The molecule has 0 bridgehead atoms. The van der Waals surface area contributed by atoms with Crippen LogP contribution in [0.15, 0.2) is 18.2 Å². The molecule has 1 aromatic carbocycles. The summed E-state index contributed by atoms with van der Waals surface area (Å²) in [5.41, 5.74) is 1.27. The molecule has 1 fully saturated rings. The van der Waals surface area contributed by atoms with E-state index >= 15 is 0 Å². The zero-order valence-electron chi connectivity index (χ0n) is 12.2. The Bertz CT molecular complexity index is 444. The van der Waals surface area contributed by atoms with Crippen LogP contribution in [0, 0.1) is 0 Å². The number of hydrogen-bond donors (Lipinski definition) is 1. The molecule has 0 radical (unpaired) electrons. The highest BCUT2D eigenvalue weighted by molar-refractivity contribution is 8.00. The molecule has 4 heteroatoms. The molecule has 1 aliphatic rings. The van der Waals surface area contributed by atoms with E-state index < -0.39 is 0 Å². The Morgan fingerprint density at radius 3 is 2.75 bits per heavy atom. The Balaban J connectivity index is 2.12. The Morgan fingerprint density at radius 1 is 1.35 bits per heavy atom. The average Bonchev–Trinajstić information content (AvgIpc) is 2.86. The fourth-order valence-corrected chi connectivity index (χ4v) is 4.53. The number of thioether (sulfide) groups is 1. The molecule has 0 saturated carbocycles. The van der Waals surface area contributed by atoms with Crippen LogP contribution < -0.4 is 5.32 Å². The van der Waals surface area contributed by atoms with E-state index in [0.717, 1.165) is 13.0 Å². The van der Waals surface area contributed by atoms with E-state index in [1.165, 1.54) is 30.6 Å². The van der Waals surface area contributed by atoms with E-state index in [9.17, 15) is 0 Å². The van der Waals surface area contributed by atoms with Gasteiger partial charge in [-0.1, -0.05) is 36.2 Å². The molecule has 1 aliphatic heterocycles. The van der Waals surface area contributed by atoms with Gasteiger partial charge >= 0.3 is 0 Å². The van der Waals surface area contributed by atoms with Crippen molar-refractivity contribution < 1.29 is 0 Å². The largest absolute Gasteiger partial charge is 0.312 e. The van der Waals surface area contributed by atoms with E-state index in [-0.39, 0.29) is 0 Å².